The summed E-state index contributed by atoms with van der Waals surface area (Å²) >= 11 is 0. The highest BCUT2D eigenvalue weighted by atomic mass is 16.5. The van der Waals surface area contributed by atoms with Crippen molar-refractivity contribution in [3.8, 4) is 17.0 Å². The molecule has 1 aromatic carbocycles. The zero-order valence-electron chi connectivity index (χ0n) is 22.3. The van der Waals surface area contributed by atoms with Crippen LogP contribution in [0.3, 0.4) is 0 Å². The summed E-state index contributed by atoms with van der Waals surface area (Å²) in [5, 5.41) is 19.9. The second-order valence-electron chi connectivity index (χ2n) is 11.0. The molecule has 0 saturated carbocycles. The minimum Gasteiger partial charge on any atom is -0.496 e. The molecule has 1 fully saturated rings. The Morgan fingerprint density at radius 2 is 1.89 bits per heavy atom. The van der Waals surface area contributed by atoms with E-state index in [0.29, 0.717) is 29.6 Å². The number of amides is 1. The Morgan fingerprint density at radius 3 is 2.47 bits per heavy atom. The first-order valence-corrected chi connectivity index (χ1v) is 12.3. The smallest absolute Gasteiger partial charge is 0.251 e. The predicted molar refractivity (Wildman–Crippen MR) is 141 cm³/mol. The largest absolute Gasteiger partial charge is 0.496 e. The summed E-state index contributed by atoms with van der Waals surface area (Å²) in [5.74, 6) is 1.28. The lowest BCUT2D eigenvalue weighted by Crippen LogP contribution is -2.62. The predicted octanol–water partition coefficient (Wildman–Crippen LogP) is 3.56. The van der Waals surface area contributed by atoms with Crippen LogP contribution in [0.25, 0.3) is 11.3 Å². The number of hydrogen-bond acceptors (Lipinski definition) is 7. The second kappa shape index (κ2) is 9.89. The SMILES string of the molecule is COc1ccc(C(=O)NCc2cnn(C)c2)cc1-c1ccc(N(C)C2CC(C)(C)NC(C)(C)C2)nn1. The van der Waals surface area contributed by atoms with Crippen molar-refractivity contribution < 1.29 is 9.53 Å². The zero-order chi connectivity index (χ0) is 26.1. The fourth-order valence-corrected chi connectivity index (χ4v) is 5.28. The van der Waals surface area contributed by atoms with Crippen LogP contribution in [0.2, 0.25) is 0 Å². The van der Waals surface area contributed by atoms with E-state index < -0.39 is 0 Å². The maximum absolute atomic E-state index is 12.8. The van der Waals surface area contributed by atoms with Crippen LogP contribution in [0.4, 0.5) is 5.82 Å². The molecule has 192 valence electrons. The molecular formula is C27H37N7O2. The highest BCUT2D eigenvalue weighted by Gasteiger charge is 2.39. The van der Waals surface area contributed by atoms with Gasteiger partial charge in [0.15, 0.2) is 5.82 Å². The van der Waals surface area contributed by atoms with Gasteiger partial charge in [0.1, 0.15) is 5.75 Å². The molecule has 0 radical (unpaired) electrons. The first-order valence-electron chi connectivity index (χ1n) is 12.3. The third kappa shape index (κ3) is 5.84. The van der Waals surface area contributed by atoms with Gasteiger partial charge in [-0.2, -0.15) is 5.10 Å². The van der Waals surface area contributed by atoms with E-state index in [0.717, 1.165) is 29.8 Å². The molecule has 3 aromatic rings. The van der Waals surface area contributed by atoms with E-state index >= 15 is 0 Å². The molecule has 2 aromatic heterocycles. The summed E-state index contributed by atoms with van der Waals surface area (Å²) in [6.45, 7) is 9.38. The average molecular weight is 492 g/mol. The Labute approximate surface area is 213 Å². The van der Waals surface area contributed by atoms with Crippen molar-refractivity contribution in [2.45, 2.75) is 64.2 Å². The van der Waals surface area contributed by atoms with E-state index in [-0.39, 0.29) is 17.0 Å². The van der Waals surface area contributed by atoms with Gasteiger partial charge in [0.25, 0.3) is 5.91 Å². The number of methoxy groups -OCH3 is 1. The molecule has 1 aliphatic heterocycles. The number of benzene rings is 1. The van der Waals surface area contributed by atoms with Gasteiger partial charge in [-0.1, -0.05) is 0 Å². The molecule has 4 rings (SSSR count). The van der Waals surface area contributed by atoms with Crippen LogP contribution in [-0.2, 0) is 13.6 Å². The number of anilines is 1. The minimum atomic E-state index is -0.178. The van der Waals surface area contributed by atoms with Crippen molar-refractivity contribution >= 4 is 11.7 Å². The van der Waals surface area contributed by atoms with Crippen LogP contribution in [0.15, 0.2) is 42.7 Å². The van der Waals surface area contributed by atoms with Gasteiger partial charge in [-0.05, 0) is 70.9 Å². The quantitative estimate of drug-likeness (QED) is 0.522. The molecule has 3 heterocycles. The van der Waals surface area contributed by atoms with Crippen LogP contribution < -0.4 is 20.3 Å². The van der Waals surface area contributed by atoms with Crippen molar-refractivity contribution in [1.29, 1.82) is 0 Å². The normalized spacial score (nSPS) is 17.0. The molecule has 0 spiro atoms. The molecule has 9 heteroatoms. The summed E-state index contributed by atoms with van der Waals surface area (Å²) in [6.07, 6.45) is 5.64. The van der Waals surface area contributed by atoms with Gasteiger partial charge in [-0.3, -0.25) is 9.48 Å². The van der Waals surface area contributed by atoms with Gasteiger partial charge < -0.3 is 20.3 Å². The Morgan fingerprint density at radius 1 is 1.17 bits per heavy atom. The van der Waals surface area contributed by atoms with Gasteiger partial charge >= 0.3 is 0 Å². The maximum atomic E-state index is 12.8. The molecule has 9 nitrogen and oxygen atoms in total. The Hall–Kier alpha value is -3.46. The van der Waals surface area contributed by atoms with E-state index in [9.17, 15) is 4.79 Å². The van der Waals surface area contributed by atoms with Crippen LogP contribution in [0.1, 0.15) is 56.5 Å². The highest BCUT2D eigenvalue weighted by molar-refractivity contribution is 5.96. The molecule has 0 bridgehead atoms. The Balaban J connectivity index is 1.52. The van der Waals surface area contributed by atoms with Gasteiger partial charge in [-0.25, -0.2) is 0 Å². The minimum absolute atomic E-state index is 0.0411. The Bertz CT molecular complexity index is 1200. The molecular weight excluding hydrogens is 454 g/mol. The maximum Gasteiger partial charge on any atom is 0.251 e. The van der Waals surface area contributed by atoms with E-state index in [4.69, 9.17) is 4.74 Å². The number of carbonyl (C=O) groups excluding carboxylic acids is 1. The molecule has 2 N–H and O–H groups in total. The number of ether oxygens (including phenoxy) is 1. The first kappa shape index (κ1) is 25.6. The third-order valence-corrected chi connectivity index (χ3v) is 6.68. The van der Waals surface area contributed by atoms with Crippen LogP contribution >= 0.6 is 0 Å². The summed E-state index contributed by atoms with van der Waals surface area (Å²) in [5.41, 5.74) is 2.91. The van der Waals surface area contributed by atoms with E-state index in [2.05, 4.69) is 65.6 Å². The number of aryl methyl sites for hydroxylation is 1. The number of rotatable bonds is 7. The van der Waals surface area contributed by atoms with Crippen molar-refractivity contribution in [2.24, 2.45) is 7.05 Å². The van der Waals surface area contributed by atoms with Crippen LogP contribution in [0.5, 0.6) is 5.75 Å². The van der Waals surface area contributed by atoms with E-state index in [1.54, 1.807) is 36.2 Å². The lowest BCUT2D eigenvalue weighted by atomic mass is 9.79. The number of carbonyl (C=O) groups is 1. The summed E-state index contributed by atoms with van der Waals surface area (Å²) in [4.78, 5) is 15.0. The topological polar surface area (TPSA) is 97.2 Å². The molecule has 0 aliphatic carbocycles. The van der Waals surface area contributed by atoms with Crippen molar-refractivity contribution in [1.82, 2.24) is 30.6 Å². The van der Waals surface area contributed by atoms with Gasteiger partial charge in [0, 0.05) is 60.6 Å². The van der Waals surface area contributed by atoms with Gasteiger partial charge in [0.2, 0.25) is 0 Å². The zero-order valence-corrected chi connectivity index (χ0v) is 22.3. The standard InChI is InChI=1S/C27H37N7O2/c1-26(2)13-20(14-27(3,4)32-26)34(6)24-11-9-22(30-31-24)21-12-19(8-10-23(21)36-7)25(35)28-15-18-16-29-33(5)17-18/h8-12,16-17,20,32H,13-15H2,1-7H3,(H,28,35). The van der Waals surface area contributed by atoms with Crippen LogP contribution in [0, 0.1) is 0 Å². The summed E-state index contributed by atoms with van der Waals surface area (Å²) in [6, 6.07) is 9.59. The number of nitrogens with zero attached hydrogens (tertiary/aromatic N) is 5. The fraction of sp³-hybridized carbons (Fsp3) is 0.481. The summed E-state index contributed by atoms with van der Waals surface area (Å²) < 4.78 is 7.27. The van der Waals surface area contributed by atoms with Crippen molar-refractivity contribution in [2.75, 3.05) is 19.1 Å². The second-order valence-corrected chi connectivity index (χ2v) is 11.0. The molecule has 1 aliphatic rings. The molecule has 36 heavy (non-hydrogen) atoms. The average Bonchev–Trinajstić information content (AvgIpc) is 3.24. The van der Waals surface area contributed by atoms with E-state index in [1.165, 1.54) is 0 Å². The molecule has 0 unspecified atom stereocenters. The molecule has 1 amide bonds. The van der Waals surface area contributed by atoms with Crippen molar-refractivity contribution in [3.05, 3.63) is 53.9 Å². The monoisotopic (exact) mass is 491 g/mol. The van der Waals surface area contributed by atoms with Crippen LogP contribution in [-0.4, -0.2) is 57.2 Å². The van der Waals surface area contributed by atoms with E-state index in [1.807, 2.05) is 25.4 Å². The third-order valence-electron chi connectivity index (χ3n) is 6.68. The molecule has 1 saturated heterocycles. The van der Waals surface area contributed by atoms with Gasteiger partial charge in [0.05, 0.1) is 19.0 Å². The number of aromatic nitrogens is 4. The lowest BCUT2D eigenvalue weighted by molar-refractivity contribution is 0.0951. The Kier molecular flexibility index (Phi) is 7.04. The number of piperidine rings is 1. The fourth-order valence-electron chi connectivity index (χ4n) is 5.28. The summed E-state index contributed by atoms with van der Waals surface area (Å²) in [7, 11) is 5.54. The first-order chi connectivity index (χ1) is 17.0. The van der Waals surface area contributed by atoms with Gasteiger partial charge in [-0.15, -0.1) is 10.2 Å². The highest BCUT2D eigenvalue weighted by Crippen LogP contribution is 2.34. The lowest BCUT2D eigenvalue weighted by Gasteiger charge is -2.49. The van der Waals surface area contributed by atoms with Crippen molar-refractivity contribution in [3.63, 3.8) is 0 Å². The number of nitrogens with one attached hydrogen (secondary N) is 2. The molecule has 0 atom stereocenters. The number of hydrogen-bond donors (Lipinski definition) is 2.